The Morgan fingerprint density at radius 3 is 2.57 bits per heavy atom. The number of nitrogens with zero attached hydrogens (tertiary/aromatic N) is 4. The van der Waals surface area contributed by atoms with E-state index in [0.717, 1.165) is 5.56 Å². The van der Waals surface area contributed by atoms with Crippen molar-refractivity contribution in [3.8, 4) is 0 Å². The molecule has 0 radical (unpaired) electrons. The van der Waals surface area contributed by atoms with Crippen LogP contribution in [0.3, 0.4) is 0 Å². The standard InChI is InChI=1S/C22H16Cl2N4O2/c23-18-8-7-15(11-19(18)24)13-27(14-16-5-1-3-9-25-16)21(29)17-12-26-20-6-2-4-10-28(20)22(17)30/h1-12H,13-14H2. The van der Waals surface area contributed by atoms with E-state index in [0.29, 0.717) is 21.4 Å². The van der Waals surface area contributed by atoms with Gasteiger partial charge in [0.15, 0.2) is 0 Å². The van der Waals surface area contributed by atoms with Crippen molar-refractivity contribution in [1.82, 2.24) is 19.3 Å². The summed E-state index contributed by atoms with van der Waals surface area (Å²) >= 11 is 12.1. The first-order valence-corrected chi connectivity index (χ1v) is 9.88. The number of hydrogen-bond donors (Lipinski definition) is 0. The second-order valence-electron chi connectivity index (χ2n) is 6.64. The van der Waals surface area contributed by atoms with Gasteiger partial charge in [0, 0.05) is 25.1 Å². The number of benzene rings is 1. The lowest BCUT2D eigenvalue weighted by molar-refractivity contribution is 0.0725. The summed E-state index contributed by atoms with van der Waals surface area (Å²) in [6.07, 6.45) is 4.56. The normalized spacial score (nSPS) is 10.9. The summed E-state index contributed by atoms with van der Waals surface area (Å²) in [5.41, 5.74) is 1.50. The van der Waals surface area contributed by atoms with Gasteiger partial charge in [0.05, 0.1) is 22.3 Å². The molecule has 1 amide bonds. The molecular formula is C22H16Cl2N4O2. The van der Waals surface area contributed by atoms with E-state index in [1.807, 2.05) is 12.1 Å². The molecule has 1 aromatic carbocycles. The van der Waals surface area contributed by atoms with Gasteiger partial charge in [-0.2, -0.15) is 0 Å². The minimum atomic E-state index is -0.442. The minimum Gasteiger partial charge on any atom is -0.328 e. The first-order valence-electron chi connectivity index (χ1n) is 9.12. The van der Waals surface area contributed by atoms with E-state index < -0.39 is 11.5 Å². The van der Waals surface area contributed by atoms with Crippen LogP contribution in [0.25, 0.3) is 5.65 Å². The van der Waals surface area contributed by atoms with Crippen molar-refractivity contribution in [3.63, 3.8) is 0 Å². The number of pyridine rings is 2. The molecule has 6 nitrogen and oxygen atoms in total. The summed E-state index contributed by atoms with van der Waals surface area (Å²) in [5, 5.41) is 0.826. The molecule has 0 aliphatic carbocycles. The van der Waals surface area contributed by atoms with E-state index in [4.69, 9.17) is 23.2 Å². The highest BCUT2D eigenvalue weighted by molar-refractivity contribution is 6.42. The highest BCUT2D eigenvalue weighted by Gasteiger charge is 2.21. The summed E-state index contributed by atoms with van der Waals surface area (Å²) < 4.78 is 1.35. The number of fused-ring (bicyclic) bond motifs is 1. The Morgan fingerprint density at radius 2 is 1.80 bits per heavy atom. The lowest BCUT2D eigenvalue weighted by Gasteiger charge is -2.22. The third-order valence-corrected chi connectivity index (χ3v) is 5.31. The van der Waals surface area contributed by atoms with Crippen LogP contribution in [0.2, 0.25) is 10.0 Å². The molecule has 0 unspecified atom stereocenters. The Balaban J connectivity index is 1.72. The molecule has 4 rings (SSSR count). The molecule has 0 aliphatic rings. The quantitative estimate of drug-likeness (QED) is 0.467. The summed E-state index contributed by atoms with van der Waals surface area (Å²) in [6, 6.07) is 15.8. The first kappa shape index (κ1) is 20.1. The average molecular weight is 439 g/mol. The Kier molecular flexibility index (Phi) is 5.79. The van der Waals surface area contributed by atoms with Crippen LogP contribution in [0.5, 0.6) is 0 Å². The van der Waals surface area contributed by atoms with Gasteiger partial charge in [0.2, 0.25) is 0 Å². The Morgan fingerprint density at radius 1 is 0.967 bits per heavy atom. The van der Waals surface area contributed by atoms with Gasteiger partial charge in [-0.25, -0.2) is 4.98 Å². The summed E-state index contributed by atoms with van der Waals surface area (Å²) in [7, 11) is 0. The highest BCUT2D eigenvalue weighted by Crippen LogP contribution is 2.24. The van der Waals surface area contributed by atoms with Crippen molar-refractivity contribution in [2.45, 2.75) is 13.1 Å². The van der Waals surface area contributed by atoms with Crippen LogP contribution in [-0.2, 0) is 13.1 Å². The molecule has 3 aromatic heterocycles. The zero-order chi connectivity index (χ0) is 21.1. The third-order valence-electron chi connectivity index (χ3n) is 4.57. The van der Waals surface area contributed by atoms with Crippen LogP contribution in [0.1, 0.15) is 21.6 Å². The predicted octanol–water partition coefficient (Wildman–Crippen LogP) is 4.24. The Bertz CT molecular complexity index is 1280. The van der Waals surface area contributed by atoms with E-state index >= 15 is 0 Å². The smallest absolute Gasteiger partial charge is 0.270 e. The molecule has 0 saturated carbocycles. The number of amides is 1. The molecule has 8 heteroatoms. The number of hydrogen-bond acceptors (Lipinski definition) is 4. The van der Waals surface area contributed by atoms with Crippen molar-refractivity contribution in [2.75, 3.05) is 0 Å². The van der Waals surface area contributed by atoms with E-state index in [9.17, 15) is 9.59 Å². The molecule has 30 heavy (non-hydrogen) atoms. The van der Waals surface area contributed by atoms with Gasteiger partial charge >= 0.3 is 0 Å². The molecule has 3 heterocycles. The minimum absolute atomic E-state index is 0.0188. The number of carbonyl (C=O) groups excluding carboxylic acids is 1. The second-order valence-corrected chi connectivity index (χ2v) is 7.45. The van der Waals surface area contributed by atoms with Crippen molar-refractivity contribution < 1.29 is 4.79 Å². The van der Waals surface area contributed by atoms with E-state index in [1.165, 1.54) is 15.5 Å². The Hall–Kier alpha value is -3.22. The van der Waals surface area contributed by atoms with Crippen molar-refractivity contribution in [3.05, 3.63) is 110 Å². The maximum atomic E-state index is 13.4. The number of carbonyl (C=O) groups is 1. The molecular weight excluding hydrogens is 423 g/mol. The highest BCUT2D eigenvalue weighted by atomic mass is 35.5. The molecule has 0 bridgehead atoms. The van der Waals surface area contributed by atoms with Gasteiger partial charge in [0.1, 0.15) is 11.2 Å². The fraction of sp³-hybridized carbons (Fsp3) is 0.0909. The molecule has 0 spiro atoms. The monoisotopic (exact) mass is 438 g/mol. The van der Waals surface area contributed by atoms with Gasteiger partial charge < -0.3 is 4.90 Å². The van der Waals surface area contributed by atoms with Crippen LogP contribution >= 0.6 is 23.2 Å². The van der Waals surface area contributed by atoms with E-state index in [2.05, 4.69) is 9.97 Å². The number of rotatable bonds is 5. The second kappa shape index (κ2) is 8.65. The number of halogens is 2. The SMILES string of the molecule is O=C(c1cnc2ccccn2c1=O)N(Cc1ccc(Cl)c(Cl)c1)Cc1ccccn1. The lowest BCUT2D eigenvalue weighted by atomic mass is 10.1. The topological polar surface area (TPSA) is 67.6 Å². The molecule has 0 fully saturated rings. The molecule has 0 atom stereocenters. The summed E-state index contributed by atoms with van der Waals surface area (Å²) in [4.78, 5) is 36.3. The number of aromatic nitrogens is 3. The van der Waals surface area contributed by atoms with Gasteiger partial charge in [-0.05, 0) is 42.0 Å². The molecule has 4 aromatic rings. The zero-order valence-corrected chi connectivity index (χ0v) is 17.2. The van der Waals surface area contributed by atoms with Crippen molar-refractivity contribution >= 4 is 34.8 Å². The van der Waals surface area contributed by atoms with Crippen LogP contribution in [0.4, 0.5) is 0 Å². The maximum absolute atomic E-state index is 13.4. The van der Waals surface area contributed by atoms with Crippen molar-refractivity contribution in [1.29, 1.82) is 0 Å². The van der Waals surface area contributed by atoms with Crippen LogP contribution < -0.4 is 5.56 Å². The largest absolute Gasteiger partial charge is 0.328 e. The van der Waals surface area contributed by atoms with Crippen LogP contribution in [0, 0.1) is 0 Å². The lowest BCUT2D eigenvalue weighted by Crippen LogP contribution is -2.35. The molecule has 0 saturated heterocycles. The first-order chi connectivity index (χ1) is 14.5. The zero-order valence-electron chi connectivity index (χ0n) is 15.7. The molecule has 0 N–H and O–H groups in total. The Labute approximate surface area is 182 Å². The summed E-state index contributed by atoms with van der Waals surface area (Å²) in [6.45, 7) is 0.445. The third kappa shape index (κ3) is 4.20. The average Bonchev–Trinajstić information content (AvgIpc) is 2.76. The van der Waals surface area contributed by atoms with E-state index in [-0.39, 0.29) is 18.7 Å². The molecule has 0 aliphatic heterocycles. The fourth-order valence-electron chi connectivity index (χ4n) is 3.09. The van der Waals surface area contributed by atoms with Gasteiger partial charge in [-0.1, -0.05) is 41.4 Å². The van der Waals surface area contributed by atoms with Gasteiger partial charge in [-0.3, -0.25) is 19.0 Å². The molecule has 150 valence electrons. The summed E-state index contributed by atoms with van der Waals surface area (Å²) in [5.74, 6) is -0.442. The van der Waals surface area contributed by atoms with Crippen LogP contribution in [-0.4, -0.2) is 25.2 Å². The predicted molar refractivity (Wildman–Crippen MR) is 116 cm³/mol. The van der Waals surface area contributed by atoms with Crippen LogP contribution in [0.15, 0.2) is 78.0 Å². The maximum Gasteiger partial charge on any atom is 0.270 e. The fourth-order valence-corrected chi connectivity index (χ4v) is 3.41. The van der Waals surface area contributed by atoms with Gasteiger partial charge in [-0.15, -0.1) is 0 Å². The van der Waals surface area contributed by atoms with Gasteiger partial charge in [0.25, 0.3) is 11.5 Å². The van der Waals surface area contributed by atoms with Crippen molar-refractivity contribution in [2.24, 2.45) is 0 Å². The van der Waals surface area contributed by atoms with E-state index in [1.54, 1.807) is 54.9 Å².